The van der Waals surface area contributed by atoms with E-state index in [1.165, 1.54) is 6.42 Å². The van der Waals surface area contributed by atoms with Gasteiger partial charge in [-0.1, -0.05) is 0 Å². The summed E-state index contributed by atoms with van der Waals surface area (Å²) in [5, 5.41) is 8.96. The Bertz CT molecular complexity index is 254. The Kier molecular flexibility index (Phi) is 5.36. The van der Waals surface area contributed by atoms with E-state index in [2.05, 4.69) is 10.3 Å². The average molecular weight is 243 g/mol. The van der Waals surface area contributed by atoms with Crippen molar-refractivity contribution in [3.63, 3.8) is 0 Å². The van der Waals surface area contributed by atoms with Crippen LogP contribution in [0.1, 0.15) is 33.1 Å². The molecule has 1 atom stereocenters. The summed E-state index contributed by atoms with van der Waals surface area (Å²) in [5.74, 6) is 5.62. The van der Waals surface area contributed by atoms with Crippen LogP contribution in [0.4, 0.5) is 0 Å². The number of amides is 1. The molecule has 4 N–H and O–H groups in total. The number of nitrogens with zero attached hydrogens (tertiary/aromatic N) is 1. The molecule has 1 fully saturated rings. The maximum atomic E-state index is 11.6. The van der Waals surface area contributed by atoms with Gasteiger partial charge in [0.15, 0.2) is 0 Å². The molecule has 0 spiro atoms. The number of nitrogens with two attached hydrogens (primary N) is 1. The van der Waals surface area contributed by atoms with Crippen LogP contribution in [-0.4, -0.2) is 42.2 Å². The van der Waals surface area contributed by atoms with Crippen molar-refractivity contribution in [3.05, 3.63) is 0 Å². The number of piperidine rings is 1. The van der Waals surface area contributed by atoms with E-state index in [4.69, 9.17) is 10.9 Å². The van der Waals surface area contributed by atoms with E-state index < -0.39 is 5.41 Å². The Hall–Kier alpha value is -0.650. The lowest BCUT2D eigenvalue weighted by Crippen LogP contribution is -2.49. The lowest BCUT2D eigenvalue weighted by atomic mass is 9.89. The van der Waals surface area contributed by atoms with Gasteiger partial charge in [-0.05, 0) is 45.6 Å². The second kappa shape index (κ2) is 6.33. The average Bonchev–Trinajstić information content (AvgIpc) is 2.28. The van der Waals surface area contributed by atoms with Gasteiger partial charge < -0.3 is 10.0 Å². The third-order valence-corrected chi connectivity index (χ3v) is 3.51. The molecule has 1 rings (SSSR count). The van der Waals surface area contributed by atoms with E-state index in [0.29, 0.717) is 5.92 Å². The maximum Gasteiger partial charge on any atom is 0.240 e. The Morgan fingerprint density at radius 3 is 2.88 bits per heavy atom. The van der Waals surface area contributed by atoms with Gasteiger partial charge in [0.05, 0.1) is 5.41 Å². The zero-order valence-electron chi connectivity index (χ0n) is 10.9. The third kappa shape index (κ3) is 4.26. The summed E-state index contributed by atoms with van der Waals surface area (Å²) in [6, 6.07) is 0. The first kappa shape index (κ1) is 14.4. The molecular formula is C12H25N3O2. The fourth-order valence-electron chi connectivity index (χ4n) is 2.54. The molecule has 1 heterocycles. The summed E-state index contributed by atoms with van der Waals surface area (Å²) in [5.41, 5.74) is 1.76. The molecule has 0 radical (unpaired) electrons. The van der Waals surface area contributed by atoms with E-state index in [-0.39, 0.29) is 12.5 Å². The number of carbonyl (C=O) groups excluding carboxylic acids is 1. The lowest BCUT2D eigenvalue weighted by Gasteiger charge is -2.37. The van der Waals surface area contributed by atoms with Crippen LogP contribution in [-0.2, 0) is 4.79 Å². The number of hydrazine groups is 1. The Morgan fingerprint density at radius 1 is 1.59 bits per heavy atom. The quantitative estimate of drug-likeness (QED) is 0.363. The topological polar surface area (TPSA) is 78.6 Å². The van der Waals surface area contributed by atoms with Gasteiger partial charge in [0.25, 0.3) is 0 Å². The van der Waals surface area contributed by atoms with Crippen molar-refractivity contribution < 1.29 is 9.90 Å². The molecule has 1 saturated heterocycles. The van der Waals surface area contributed by atoms with Crippen LogP contribution >= 0.6 is 0 Å². The second-order valence-electron chi connectivity index (χ2n) is 5.61. The molecule has 0 aliphatic carbocycles. The summed E-state index contributed by atoms with van der Waals surface area (Å²) in [7, 11) is 0. The van der Waals surface area contributed by atoms with Crippen LogP contribution in [0, 0.1) is 11.3 Å². The summed E-state index contributed by atoms with van der Waals surface area (Å²) in [4.78, 5) is 13.9. The molecule has 1 amide bonds. The number of likely N-dealkylation sites (tertiary alicyclic amines) is 1. The van der Waals surface area contributed by atoms with Crippen LogP contribution < -0.4 is 11.3 Å². The van der Waals surface area contributed by atoms with Crippen molar-refractivity contribution in [2.24, 2.45) is 17.2 Å². The first-order valence-electron chi connectivity index (χ1n) is 6.34. The van der Waals surface area contributed by atoms with Crippen LogP contribution in [0.15, 0.2) is 0 Å². The second-order valence-corrected chi connectivity index (χ2v) is 5.61. The van der Waals surface area contributed by atoms with E-state index >= 15 is 0 Å². The molecule has 1 aliphatic rings. The molecule has 0 saturated carbocycles. The van der Waals surface area contributed by atoms with Gasteiger partial charge in [-0.3, -0.25) is 10.2 Å². The summed E-state index contributed by atoms with van der Waals surface area (Å²) >= 11 is 0. The van der Waals surface area contributed by atoms with Crippen LogP contribution in [0.3, 0.4) is 0 Å². The minimum absolute atomic E-state index is 0.123. The van der Waals surface area contributed by atoms with Gasteiger partial charge in [0.1, 0.15) is 0 Å². The normalized spacial score (nSPS) is 22.5. The molecular weight excluding hydrogens is 218 g/mol. The van der Waals surface area contributed by atoms with Crippen molar-refractivity contribution >= 4 is 5.91 Å². The van der Waals surface area contributed by atoms with Crippen LogP contribution in [0.5, 0.6) is 0 Å². The molecule has 100 valence electrons. The predicted octanol–water partition coefficient (Wildman–Crippen LogP) is 0.0969. The fourth-order valence-corrected chi connectivity index (χ4v) is 2.54. The fraction of sp³-hybridized carbons (Fsp3) is 0.917. The third-order valence-electron chi connectivity index (χ3n) is 3.51. The first-order valence-corrected chi connectivity index (χ1v) is 6.34. The number of carbonyl (C=O) groups is 1. The Labute approximate surface area is 103 Å². The standard InChI is InChI=1S/C12H25N3O2/c1-12(2,11(17)14-13)9-15-6-3-4-10(8-15)5-7-16/h10,16H,3-9,13H2,1-2H3,(H,14,17). The predicted molar refractivity (Wildman–Crippen MR) is 67.0 cm³/mol. The maximum absolute atomic E-state index is 11.6. The van der Waals surface area contributed by atoms with Gasteiger partial charge in [-0.25, -0.2) is 5.84 Å². The van der Waals surface area contributed by atoms with Gasteiger partial charge in [-0.2, -0.15) is 0 Å². The highest BCUT2D eigenvalue weighted by Gasteiger charge is 2.31. The molecule has 5 heteroatoms. The molecule has 0 aromatic carbocycles. The van der Waals surface area contributed by atoms with E-state index in [1.807, 2.05) is 13.8 Å². The number of hydrogen-bond acceptors (Lipinski definition) is 4. The zero-order chi connectivity index (χ0) is 12.9. The molecule has 17 heavy (non-hydrogen) atoms. The van der Waals surface area contributed by atoms with E-state index in [9.17, 15) is 4.79 Å². The van der Waals surface area contributed by atoms with Crippen molar-refractivity contribution in [2.75, 3.05) is 26.2 Å². The monoisotopic (exact) mass is 243 g/mol. The lowest BCUT2D eigenvalue weighted by molar-refractivity contribution is -0.130. The molecule has 0 bridgehead atoms. The number of nitrogens with one attached hydrogen (secondary N) is 1. The first-order chi connectivity index (χ1) is 7.99. The van der Waals surface area contributed by atoms with Crippen LogP contribution in [0.2, 0.25) is 0 Å². The van der Waals surface area contributed by atoms with Crippen molar-refractivity contribution in [1.29, 1.82) is 0 Å². The number of hydrogen-bond donors (Lipinski definition) is 3. The Morgan fingerprint density at radius 2 is 2.29 bits per heavy atom. The highest BCUT2D eigenvalue weighted by Crippen LogP contribution is 2.24. The molecule has 0 aromatic heterocycles. The van der Waals surface area contributed by atoms with Gasteiger partial charge in [0, 0.05) is 19.7 Å². The van der Waals surface area contributed by atoms with Gasteiger partial charge in [-0.15, -0.1) is 0 Å². The van der Waals surface area contributed by atoms with Crippen LogP contribution in [0.25, 0.3) is 0 Å². The van der Waals surface area contributed by atoms with Crippen molar-refractivity contribution in [2.45, 2.75) is 33.1 Å². The van der Waals surface area contributed by atoms with Gasteiger partial charge >= 0.3 is 0 Å². The SMILES string of the molecule is CC(C)(CN1CCCC(CCO)C1)C(=O)NN. The number of aliphatic hydroxyl groups is 1. The largest absolute Gasteiger partial charge is 0.396 e. The molecule has 0 aromatic rings. The molecule has 1 unspecified atom stereocenters. The van der Waals surface area contributed by atoms with Crippen molar-refractivity contribution in [3.8, 4) is 0 Å². The minimum atomic E-state index is -0.462. The summed E-state index contributed by atoms with van der Waals surface area (Å²) in [6.07, 6.45) is 3.19. The number of aliphatic hydroxyl groups excluding tert-OH is 1. The zero-order valence-corrected chi connectivity index (χ0v) is 10.9. The van der Waals surface area contributed by atoms with E-state index in [1.54, 1.807) is 0 Å². The summed E-state index contributed by atoms with van der Waals surface area (Å²) in [6.45, 7) is 6.80. The van der Waals surface area contributed by atoms with E-state index in [0.717, 1.165) is 32.5 Å². The number of rotatable bonds is 5. The highest BCUT2D eigenvalue weighted by molar-refractivity contribution is 5.81. The van der Waals surface area contributed by atoms with Gasteiger partial charge in [0.2, 0.25) is 5.91 Å². The minimum Gasteiger partial charge on any atom is -0.396 e. The smallest absolute Gasteiger partial charge is 0.240 e. The summed E-state index contributed by atoms with van der Waals surface area (Å²) < 4.78 is 0. The molecule has 1 aliphatic heterocycles. The molecule has 5 nitrogen and oxygen atoms in total. The van der Waals surface area contributed by atoms with Crippen molar-refractivity contribution in [1.82, 2.24) is 10.3 Å². The Balaban J connectivity index is 2.47. The highest BCUT2D eigenvalue weighted by atomic mass is 16.3.